The maximum Gasteiger partial charge on any atom is 0.165 e. The zero-order valence-electron chi connectivity index (χ0n) is 11.4. The Labute approximate surface area is 116 Å². The van der Waals surface area contributed by atoms with Crippen molar-refractivity contribution in [2.45, 2.75) is 27.2 Å². The summed E-state index contributed by atoms with van der Waals surface area (Å²) in [6, 6.07) is 4.16. The van der Waals surface area contributed by atoms with E-state index >= 15 is 0 Å². The molecule has 3 heterocycles. The van der Waals surface area contributed by atoms with E-state index in [9.17, 15) is 0 Å². The quantitative estimate of drug-likeness (QED) is 0.757. The molecule has 0 saturated carbocycles. The number of aromatic nitrogens is 3. The van der Waals surface area contributed by atoms with Gasteiger partial charge in [-0.3, -0.25) is 5.10 Å². The average molecular weight is 274 g/mol. The van der Waals surface area contributed by atoms with Gasteiger partial charge in [-0.05, 0) is 31.4 Å². The largest absolute Gasteiger partial charge is 0.367 e. The Bertz CT molecular complexity index is 711. The zero-order chi connectivity index (χ0) is 13.4. The molecule has 0 atom stereocenters. The Kier molecular flexibility index (Phi) is 3.14. The highest BCUT2D eigenvalue weighted by Gasteiger charge is 2.13. The Morgan fingerprint density at radius 2 is 2.21 bits per heavy atom. The maximum absolute atomic E-state index is 4.58. The smallest absolute Gasteiger partial charge is 0.165 e. The summed E-state index contributed by atoms with van der Waals surface area (Å²) in [5.74, 6) is 1.66. The lowest BCUT2D eigenvalue weighted by Crippen LogP contribution is -2.04. The van der Waals surface area contributed by atoms with Gasteiger partial charge in [-0.2, -0.15) is 5.10 Å². The van der Waals surface area contributed by atoms with Crippen molar-refractivity contribution in [3.8, 4) is 0 Å². The molecule has 0 spiro atoms. The van der Waals surface area contributed by atoms with Crippen LogP contribution in [0.25, 0.3) is 20.4 Å². The topological polar surface area (TPSA) is 53.6 Å². The maximum atomic E-state index is 4.58. The molecule has 0 bridgehead atoms. The minimum Gasteiger partial charge on any atom is -0.367 e. The predicted molar refractivity (Wildman–Crippen MR) is 82.0 cm³/mol. The highest BCUT2D eigenvalue weighted by molar-refractivity contribution is 7.26. The molecule has 0 fully saturated rings. The molecule has 0 aliphatic carbocycles. The van der Waals surface area contributed by atoms with Crippen LogP contribution in [0.1, 0.15) is 26.0 Å². The van der Waals surface area contributed by atoms with E-state index in [2.05, 4.69) is 40.4 Å². The summed E-state index contributed by atoms with van der Waals surface area (Å²) in [4.78, 5) is 5.66. The number of nitrogens with one attached hydrogen (secondary N) is 2. The first kappa shape index (κ1) is 12.4. The molecular formula is C14H18N4S. The Morgan fingerprint density at radius 3 is 3.00 bits per heavy atom. The van der Waals surface area contributed by atoms with Gasteiger partial charge in [-0.15, -0.1) is 11.3 Å². The van der Waals surface area contributed by atoms with Crippen LogP contribution in [0.3, 0.4) is 0 Å². The fourth-order valence-corrected chi connectivity index (χ4v) is 3.25. The second-order valence-corrected chi connectivity index (χ2v) is 6.29. The third-order valence-electron chi connectivity index (χ3n) is 3.20. The molecule has 0 aliphatic rings. The summed E-state index contributed by atoms with van der Waals surface area (Å²) in [6.07, 6.45) is 1.15. The fraction of sp³-hybridized carbons (Fsp3) is 0.429. The van der Waals surface area contributed by atoms with Crippen molar-refractivity contribution in [3.05, 3.63) is 17.8 Å². The molecule has 0 radical (unpaired) electrons. The lowest BCUT2D eigenvalue weighted by Gasteiger charge is -2.04. The van der Waals surface area contributed by atoms with Gasteiger partial charge in [0.05, 0.1) is 10.2 Å². The molecule has 3 aromatic heterocycles. The van der Waals surface area contributed by atoms with E-state index in [0.717, 1.165) is 40.2 Å². The summed E-state index contributed by atoms with van der Waals surface area (Å²) in [5, 5.41) is 12.1. The van der Waals surface area contributed by atoms with Gasteiger partial charge >= 0.3 is 0 Å². The summed E-state index contributed by atoms with van der Waals surface area (Å²) in [5.41, 5.74) is 2.15. The molecule has 0 unspecified atom stereocenters. The zero-order valence-corrected chi connectivity index (χ0v) is 12.3. The number of H-pyrrole nitrogens is 1. The van der Waals surface area contributed by atoms with Crippen molar-refractivity contribution >= 4 is 37.6 Å². The highest BCUT2D eigenvalue weighted by atomic mass is 32.1. The summed E-state index contributed by atoms with van der Waals surface area (Å²) >= 11 is 1.70. The highest BCUT2D eigenvalue weighted by Crippen LogP contribution is 2.35. The van der Waals surface area contributed by atoms with Crippen LogP contribution >= 0.6 is 11.3 Å². The number of aryl methyl sites for hydroxylation is 1. The number of pyridine rings is 1. The summed E-state index contributed by atoms with van der Waals surface area (Å²) in [6.45, 7) is 7.44. The van der Waals surface area contributed by atoms with Gasteiger partial charge in [0.2, 0.25) is 0 Å². The van der Waals surface area contributed by atoms with Crippen LogP contribution in [0.4, 0.5) is 5.82 Å². The van der Waals surface area contributed by atoms with Crippen molar-refractivity contribution < 1.29 is 0 Å². The molecule has 2 N–H and O–H groups in total. The van der Waals surface area contributed by atoms with E-state index in [1.54, 1.807) is 11.3 Å². The lowest BCUT2D eigenvalue weighted by molar-refractivity contribution is 0.607. The molecule has 3 rings (SSSR count). The second-order valence-electron chi connectivity index (χ2n) is 5.29. The Morgan fingerprint density at radius 1 is 1.37 bits per heavy atom. The van der Waals surface area contributed by atoms with Gasteiger partial charge < -0.3 is 5.32 Å². The Hall–Kier alpha value is -1.62. The molecule has 19 heavy (non-hydrogen) atoms. The molecule has 4 nitrogen and oxygen atoms in total. The van der Waals surface area contributed by atoms with Crippen LogP contribution < -0.4 is 5.32 Å². The van der Waals surface area contributed by atoms with E-state index in [4.69, 9.17) is 0 Å². The molecule has 5 heteroatoms. The number of rotatable bonds is 4. The van der Waals surface area contributed by atoms with Gasteiger partial charge in [0.15, 0.2) is 5.82 Å². The van der Waals surface area contributed by atoms with Crippen molar-refractivity contribution in [2.75, 3.05) is 11.9 Å². The van der Waals surface area contributed by atoms with Crippen LogP contribution in [0, 0.1) is 12.8 Å². The van der Waals surface area contributed by atoms with Gasteiger partial charge in [0.25, 0.3) is 0 Å². The number of hydrogen-bond acceptors (Lipinski definition) is 4. The van der Waals surface area contributed by atoms with Crippen molar-refractivity contribution in [1.29, 1.82) is 0 Å². The lowest BCUT2D eigenvalue weighted by atomic mass is 10.1. The number of hydrogen-bond donors (Lipinski definition) is 2. The number of thiophene rings is 1. The van der Waals surface area contributed by atoms with Crippen LogP contribution in [-0.4, -0.2) is 21.7 Å². The van der Waals surface area contributed by atoms with E-state index in [1.165, 1.54) is 4.70 Å². The van der Waals surface area contributed by atoms with Crippen LogP contribution in [0.2, 0.25) is 0 Å². The molecule has 0 aliphatic heterocycles. The number of fused-ring (bicyclic) bond motifs is 3. The molecule has 0 aromatic carbocycles. The SMILES string of the molecule is Cc1ccc2c(n1)sc1c(NCCC(C)C)n[nH]c12. The van der Waals surface area contributed by atoms with Gasteiger partial charge in [0, 0.05) is 17.6 Å². The first-order valence-electron chi connectivity index (χ1n) is 6.63. The molecule has 0 amide bonds. The van der Waals surface area contributed by atoms with E-state index in [-0.39, 0.29) is 0 Å². The standard InChI is InChI=1S/C14H18N4S/c1-8(2)6-7-15-13-12-11(17-18-13)10-5-4-9(3)16-14(10)19-12/h4-5,8H,6-7H2,1-3H3,(H2,15,17,18). The first-order valence-corrected chi connectivity index (χ1v) is 7.45. The number of nitrogens with zero attached hydrogens (tertiary/aromatic N) is 2. The molecule has 3 aromatic rings. The average Bonchev–Trinajstić information content (AvgIpc) is 2.88. The van der Waals surface area contributed by atoms with E-state index < -0.39 is 0 Å². The third-order valence-corrected chi connectivity index (χ3v) is 4.31. The Balaban J connectivity index is 1.96. The van der Waals surface area contributed by atoms with Crippen molar-refractivity contribution in [1.82, 2.24) is 15.2 Å². The van der Waals surface area contributed by atoms with Gasteiger partial charge in [-0.25, -0.2) is 4.98 Å². The first-order chi connectivity index (χ1) is 9.15. The van der Waals surface area contributed by atoms with E-state index in [1.807, 2.05) is 13.0 Å². The fourth-order valence-electron chi connectivity index (χ4n) is 2.11. The molecule has 0 saturated heterocycles. The van der Waals surface area contributed by atoms with Crippen LogP contribution in [-0.2, 0) is 0 Å². The van der Waals surface area contributed by atoms with Crippen molar-refractivity contribution in [2.24, 2.45) is 5.92 Å². The van der Waals surface area contributed by atoms with Crippen LogP contribution in [0.15, 0.2) is 12.1 Å². The normalized spacial score (nSPS) is 11.8. The van der Waals surface area contributed by atoms with Gasteiger partial charge in [-0.1, -0.05) is 13.8 Å². The van der Waals surface area contributed by atoms with Crippen LogP contribution in [0.5, 0.6) is 0 Å². The summed E-state index contributed by atoms with van der Waals surface area (Å²) < 4.78 is 1.18. The minimum atomic E-state index is 0.702. The second kappa shape index (κ2) is 4.81. The minimum absolute atomic E-state index is 0.702. The molecular weight excluding hydrogens is 256 g/mol. The number of aromatic amines is 1. The number of anilines is 1. The monoisotopic (exact) mass is 274 g/mol. The third kappa shape index (κ3) is 2.30. The van der Waals surface area contributed by atoms with Gasteiger partial charge in [0.1, 0.15) is 4.83 Å². The van der Waals surface area contributed by atoms with Crippen molar-refractivity contribution in [3.63, 3.8) is 0 Å². The molecule has 100 valence electrons. The summed E-state index contributed by atoms with van der Waals surface area (Å²) in [7, 11) is 0. The predicted octanol–water partition coefficient (Wildman–Crippen LogP) is 3.94. The van der Waals surface area contributed by atoms with E-state index in [0.29, 0.717) is 5.92 Å².